The van der Waals surface area contributed by atoms with Crippen molar-refractivity contribution < 1.29 is 38.2 Å². The molecule has 0 saturated carbocycles. The highest BCUT2D eigenvalue weighted by molar-refractivity contribution is 5.86. The number of amides is 2. The van der Waals surface area contributed by atoms with Crippen LogP contribution in [0.1, 0.15) is 132 Å². The standard InChI is InChI=1S/C40H67N7O8/c1-11-12-13-14-15-16-17-18-21-44(25-31-41-19-22-45(31)27-33(48)43-24-35(50)53-38(2,3)4)26-32-42-20-23-46(32)28-34(49)47(29-36(51)54-39(5,6)7)30-37(52)55-40(8,9)10/h19-20,22-23H,11-18,21,24-30H2,1-10H3,(H,43,48). The molecule has 0 radical (unpaired) electrons. The number of carbonyl (C=O) groups is 5. The smallest absolute Gasteiger partial charge is 0.326 e. The van der Waals surface area contributed by atoms with E-state index in [-0.39, 0.29) is 25.5 Å². The Labute approximate surface area is 327 Å². The zero-order chi connectivity index (χ0) is 41.2. The fourth-order valence-corrected chi connectivity index (χ4v) is 5.65. The van der Waals surface area contributed by atoms with Gasteiger partial charge in [-0.25, -0.2) is 9.97 Å². The molecule has 0 atom stereocenters. The minimum absolute atomic E-state index is 0.0298. The highest BCUT2D eigenvalue weighted by Gasteiger charge is 2.27. The van der Waals surface area contributed by atoms with Crippen LogP contribution < -0.4 is 5.32 Å². The Morgan fingerprint density at radius 2 is 1.07 bits per heavy atom. The first-order valence-corrected chi connectivity index (χ1v) is 19.6. The van der Waals surface area contributed by atoms with Crippen molar-refractivity contribution in [2.45, 2.75) is 164 Å². The van der Waals surface area contributed by atoms with Crippen molar-refractivity contribution in [2.24, 2.45) is 0 Å². The average molecular weight is 774 g/mol. The Bertz CT molecular complexity index is 1480. The fraction of sp³-hybridized carbons (Fsp3) is 0.725. The molecular formula is C40H67N7O8. The van der Waals surface area contributed by atoms with Crippen molar-refractivity contribution in [3.63, 3.8) is 0 Å². The first kappa shape index (κ1) is 46.9. The van der Waals surface area contributed by atoms with Crippen LogP contribution in [0.2, 0.25) is 0 Å². The molecule has 2 heterocycles. The monoisotopic (exact) mass is 774 g/mol. The van der Waals surface area contributed by atoms with Gasteiger partial charge >= 0.3 is 17.9 Å². The number of aromatic nitrogens is 4. The number of carbonyl (C=O) groups excluding carboxylic acids is 5. The van der Waals surface area contributed by atoms with Gasteiger partial charge in [-0.15, -0.1) is 0 Å². The molecule has 2 amide bonds. The summed E-state index contributed by atoms with van der Waals surface area (Å²) in [6, 6.07) is 0. The summed E-state index contributed by atoms with van der Waals surface area (Å²) in [5, 5.41) is 2.62. The first-order chi connectivity index (χ1) is 25.6. The van der Waals surface area contributed by atoms with Crippen molar-refractivity contribution >= 4 is 29.7 Å². The molecular weight excluding hydrogens is 706 g/mol. The zero-order valence-corrected chi connectivity index (χ0v) is 35.1. The number of unbranched alkanes of at least 4 members (excludes halogenated alkanes) is 7. The number of hydrogen-bond donors (Lipinski definition) is 1. The van der Waals surface area contributed by atoms with E-state index in [1.165, 1.54) is 32.1 Å². The van der Waals surface area contributed by atoms with Gasteiger partial charge in [-0.05, 0) is 75.3 Å². The Hall–Kier alpha value is -4.27. The summed E-state index contributed by atoms with van der Waals surface area (Å²) in [6.07, 6.45) is 15.9. The van der Waals surface area contributed by atoms with Crippen LogP contribution >= 0.6 is 0 Å². The maximum absolute atomic E-state index is 13.7. The lowest BCUT2D eigenvalue weighted by atomic mass is 10.1. The van der Waals surface area contributed by atoms with Crippen LogP contribution in [0.4, 0.5) is 0 Å². The van der Waals surface area contributed by atoms with E-state index < -0.39 is 53.7 Å². The van der Waals surface area contributed by atoms with E-state index in [1.54, 1.807) is 96.2 Å². The molecule has 15 heteroatoms. The van der Waals surface area contributed by atoms with Gasteiger partial charge in [0.05, 0.1) is 13.1 Å². The summed E-state index contributed by atoms with van der Waals surface area (Å²) in [6.45, 7) is 18.1. The van der Waals surface area contributed by atoms with Crippen LogP contribution in [-0.2, 0) is 64.4 Å². The lowest BCUT2D eigenvalue weighted by Crippen LogP contribution is -2.44. The molecule has 2 aromatic heterocycles. The Kier molecular flexibility index (Phi) is 19.0. The lowest BCUT2D eigenvalue weighted by Gasteiger charge is -2.27. The van der Waals surface area contributed by atoms with Gasteiger partial charge in [0, 0.05) is 24.8 Å². The normalized spacial score (nSPS) is 12.1. The molecule has 0 bridgehead atoms. The summed E-state index contributed by atoms with van der Waals surface area (Å²) < 4.78 is 19.6. The minimum atomic E-state index is -0.771. The van der Waals surface area contributed by atoms with Gasteiger partial charge in [0.15, 0.2) is 0 Å². The van der Waals surface area contributed by atoms with Gasteiger partial charge in [-0.2, -0.15) is 0 Å². The fourth-order valence-electron chi connectivity index (χ4n) is 5.65. The molecule has 0 unspecified atom stereocenters. The van der Waals surface area contributed by atoms with E-state index in [9.17, 15) is 24.0 Å². The van der Waals surface area contributed by atoms with Crippen LogP contribution in [0.5, 0.6) is 0 Å². The number of imidazole rings is 2. The van der Waals surface area contributed by atoms with Gasteiger partial charge in [-0.3, -0.25) is 28.9 Å². The SMILES string of the molecule is CCCCCCCCCCN(Cc1nccn1CC(=O)NCC(=O)OC(C)(C)C)Cc1nccn1CC(=O)N(CC(=O)OC(C)(C)C)CC(=O)OC(C)(C)C. The van der Waals surface area contributed by atoms with Crippen LogP contribution in [0.25, 0.3) is 0 Å². The highest BCUT2D eigenvalue weighted by atomic mass is 16.6. The van der Waals surface area contributed by atoms with Crippen molar-refractivity contribution in [3.05, 3.63) is 36.4 Å². The molecule has 0 aliphatic heterocycles. The van der Waals surface area contributed by atoms with Crippen molar-refractivity contribution in [3.8, 4) is 0 Å². The van der Waals surface area contributed by atoms with Crippen LogP contribution in [-0.4, -0.2) is 102 Å². The number of rotatable bonds is 23. The molecule has 2 rings (SSSR count). The van der Waals surface area contributed by atoms with E-state index in [0.29, 0.717) is 24.7 Å². The van der Waals surface area contributed by atoms with Crippen LogP contribution in [0, 0.1) is 0 Å². The van der Waals surface area contributed by atoms with E-state index in [0.717, 1.165) is 30.7 Å². The molecule has 0 aromatic carbocycles. The predicted octanol–water partition coefficient (Wildman–Crippen LogP) is 5.19. The highest BCUT2D eigenvalue weighted by Crippen LogP contribution is 2.15. The topological polar surface area (TPSA) is 167 Å². The molecule has 2 aromatic rings. The minimum Gasteiger partial charge on any atom is -0.459 e. The van der Waals surface area contributed by atoms with Gasteiger partial charge in [0.25, 0.3) is 0 Å². The largest absolute Gasteiger partial charge is 0.459 e. The van der Waals surface area contributed by atoms with Gasteiger partial charge in [0.2, 0.25) is 11.8 Å². The third-order valence-corrected chi connectivity index (χ3v) is 7.96. The number of ether oxygens (including phenoxy) is 3. The van der Waals surface area contributed by atoms with E-state index in [4.69, 9.17) is 14.2 Å². The predicted molar refractivity (Wildman–Crippen MR) is 208 cm³/mol. The number of esters is 3. The Morgan fingerprint density at radius 3 is 1.55 bits per heavy atom. The number of nitrogens with one attached hydrogen (secondary N) is 1. The van der Waals surface area contributed by atoms with Crippen LogP contribution in [0.15, 0.2) is 24.8 Å². The maximum atomic E-state index is 13.7. The van der Waals surface area contributed by atoms with Crippen molar-refractivity contribution in [1.82, 2.24) is 34.2 Å². The third-order valence-electron chi connectivity index (χ3n) is 7.96. The molecule has 0 aliphatic rings. The lowest BCUT2D eigenvalue weighted by molar-refractivity contribution is -0.164. The Balaban J connectivity index is 2.21. The third kappa shape index (κ3) is 20.8. The van der Waals surface area contributed by atoms with E-state index in [1.807, 2.05) is 0 Å². The van der Waals surface area contributed by atoms with Crippen molar-refractivity contribution in [2.75, 3.05) is 26.2 Å². The maximum Gasteiger partial charge on any atom is 0.326 e. The molecule has 0 fully saturated rings. The number of hydrogen-bond acceptors (Lipinski definition) is 11. The van der Waals surface area contributed by atoms with Gasteiger partial charge < -0.3 is 33.6 Å². The molecule has 0 aliphatic carbocycles. The second-order valence-electron chi connectivity index (χ2n) is 16.9. The summed E-state index contributed by atoms with van der Waals surface area (Å²) in [5.74, 6) is -1.36. The van der Waals surface area contributed by atoms with E-state index in [2.05, 4.69) is 27.1 Å². The second-order valence-corrected chi connectivity index (χ2v) is 16.9. The summed E-state index contributed by atoms with van der Waals surface area (Å²) in [7, 11) is 0. The molecule has 0 spiro atoms. The summed E-state index contributed by atoms with van der Waals surface area (Å²) in [5.41, 5.74) is -2.20. The average Bonchev–Trinajstić information content (AvgIpc) is 3.66. The summed E-state index contributed by atoms with van der Waals surface area (Å²) in [4.78, 5) is 76.7. The van der Waals surface area contributed by atoms with Crippen molar-refractivity contribution in [1.29, 1.82) is 0 Å². The van der Waals surface area contributed by atoms with Crippen LogP contribution in [0.3, 0.4) is 0 Å². The number of nitrogens with zero attached hydrogens (tertiary/aromatic N) is 6. The molecule has 15 nitrogen and oxygen atoms in total. The molecule has 1 N–H and O–H groups in total. The Morgan fingerprint density at radius 1 is 0.636 bits per heavy atom. The molecule has 310 valence electrons. The second kappa shape index (κ2) is 22.3. The van der Waals surface area contributed by atoms with E-state index >= 15 is 0 Å². The first-order valence-electron chi connectivity index (χ1n) is 19.6. The molecule has 0 saturated heterocycles. The quantitative estimate of drug-likeness (QED) is 0.0897. The summed E-state index contributed by atoms with van der Waals surface area (Å²) >= 11 is 0. The molecule has 55 heavy (non-hydrogen) atoms. The van der Waals surface area contributed by atoms with Gasteiger partial charge in [-0.1, -0.05) is 51.9 Å². The van der Waals surface area contributed by atoms with Gasteiger partial charge in [0.1, 0.15) is 61.2 Å². The zero-order valence-electron chi connectivity index (χ0n) is 35.1.